The summed E-state index contributed by atoms with van der Waals surface area (Å²) in [5.74, 6) is -0.280. The third-order valence-corrected chi connectivity index (χ3v) is 4.01. The molecule has 1 fully saturated rings. The van der Waals surface area contributed by atoms with Gasteiger partial charge in [-0.05, 0) is 11.8 Å². The molecule has 1 aromatic rings. The quantitative estimate of drug-likeness (QED) is 0.869. The largest absolute Gasteiger partial charge is 0.476 e. The molecular weight excluding hydrogens is 240 g/mol. The van der Waals surface area contributed by atoms with E-state index in [9.17, 15) is 9.59 Å². The van der Waals surface area contributed by atoms with Crippen LogP contribution in [-0.2, 0) is 0 Å². The summed E-state index contributed by atoms with van der Waals surface area (Å²) in [6.07, 6.45) is 0. The van der Waals surface area contributed by atoms with E-state index in [1.54, 1.807) is 4.90 Å². The Morgan fingerprint density at radius 3 is 2.47 bits per heavy atom. The van der Waals surface area contributed by atoms with Crippen LogP contribution in [0.1, 0.15) is 34.1 Å². The van der Waals surface area contributed by atoms with Crippen LogP contribution < -0.4 is 0 Å². The number of nitrogens with zero attached hydrogens (tertiary/aromatic N) is 2. The summed E-state index contributed by atoms with van der Waals surface area (Å²) >= 11 is 1.09. The van der Waals surface area contributed by atoms with E-state index < -0.39 is 5.97 Å². The molecule has 0 radical (unpaired) electrons. The molecule has 0 aromatic carbocycles. The smallest absolute Gasteiger partial charge is 0.355 e. The van der Waals surface area contributed by atoms with Crippen LogP contribution in [0.2, 0.25) is 0 Å². The third kappa shape index (κ3) is 2.31. The van der Waals surface area contributed by atoms with Gasteiger partial charge in [-0.2, -0.15) is 0 Å². The number of hydrogen-bond donors (Lipinski definition) is 1. The van der Waals surface area contributed by atoms with E-state index in [4.69, 9.17) is 5.11 Å². The average Bonchev–Trinajstić information content (AvgIpc) is 2.86. The van der Waals surface area contributed by atoms with Gasteiger partial charge < -0.3 is 10.0 Å². The Kier molecular flexibility index (Phi) is 3.15. The maximum atomic E-state index is 12.1. The predicted molar refractivity (Wildman–Crippen MR) is 63.3 cm³/mol. The Morgan fingerprint density at radius 1 is 1.41 bits per heavy atom. The van der Waals surface area contributed by atoms with Crippen molar-refractivity contribution in [3.8, 4) is 0 Å². The standard InChI is InChI=1S/C11H14N2O3S/c1-6-3-13(4-7(6)2)10(14)9-12-8(5-17-9)11(15)16/h5-7H,3-4H2,1-2H3,(H,15,16). The van der Waals surface area contributed by atoms with Gasteiger partial charge in [0.05, 0.1) is 0 Å². The lowest BCUT2D eigenvalue weighted by atomic mass is 10.0. The Hall–Kier alpha value is -1.43. The lowest BCUT2D eigenvalue weighted by Gasteiger charge is -2.13. The Morgan fingerprint density at radius 2 is 2.00 bits per heavy atom. The minimum absolute atomic E-state index is 0.0568. The molecule has 2 rings (SSSR count). The lowest BCUT2D eigenvalue weighted by Crippen LogP contribution is -2.28. The molecule has 1 aliphatic heterocycles. The highest BCUT2D eigenvalue weighted by atomic mass is 32.1. The monoisotopic (exact) mass is 254 g/mol. The number of hydrogen-bond acceptors (Lipinski definition) is 4. The summed E-state index contributed by atoms with van der Waals surface area (Å²) in [4.78, 5) is 28.3. The second-order valence-corrected chi connectivity index (χ2v) is 5.37. The third-order valence-electron chi connectivity index (χ3n) is 3.18. The van der Waals surface area contributed by atoms with Crippen molar-refractivity contribution in [1.29, 1.82) is 0 Å². The molecule has 0 saturated carbocycles. The first-order chi connectivity index (χ1) is 7.99. The highest BCUT2D eigenvalue weighted by molar-refractivity contribution is 7.11. The molecule has 1 aromatic heterocycles. The van der Waals surface area contributed by atoms with E-state index in [2.05, 4.69) is 18.8 Å². The number of aromatic carboxylic acids is 1. The summed E-state index contributed by atoms with van der Waals surface area (Å²) in [7, 11) is 0. The number of amides is 1. The Labute approximate surface area is 103 Å². The van der Waals surface area contributed by atoms with Gasteiger partial charge in [0.1, 0.15) is 0 Å². The SMILES string of the molecule is CC1CN(C(=O)c2nc(C(=O)O)cs2)CC1C. The van der Waals surface area contributed by atoms with Crippen LogP contribution in [0.25, 0.3) is 0 Å². The number of carboxylic acid groups (broad SMARTS) is 1. The first-order valence-corrected chi connectivity index (χ1v) is 6.35. The van der Waals surface area contributed by atoms with Gasteiger partial charge in [0.25, 0.3) is 5.91 Å². The van der Waals surface area contributed by atoms with Crippen molar-refractivity contribution < 1.29 is 14.7 Å². The topological polar surface area (TPSA) is 70.5 Å². The lowest BCUT2D eigenvalue weighted by molar-refractivity contribution is 0.0691. The normalized spacial score (nSPS) is 24.0. The number of carboxylic acids is 1. The number of carbonyl (C=O) groups excluding carboxylic acids is 1. The van der Waals surface area contributed by atoms with E-state index in [-0.39, 0.29) is 16.6 Å². The van der Waals surface area contributed by atoms with Gasteiger partial charge in [0.15, 0.2) is 10.7 Å². The van der Waals surface area contributed by atoms with Gasteiger partial charge in [0, 0.05) is 18.5 Å². The first kappa shape index (κ1) is 12.0. The molecule has 2 atom stereocenters. The van der Waals surface area contributed by atoms with E-state index in [0.717, 1.165) is 24.4 Å². The average molecular weight is 254 g/mol. The minimum atomic E-state index is -1.09. The van der Waals surface area contributed by atoms with Gasteiger partial charge >= 0.3 is 5.97 Å². The first-order valence-electron chi connectivity index (χ1n) is 5.47. The fraction of sp³-hybridized carbons (Fsp3) is 0.545. The van der Waals surface area contributed by atoms with Crippen molar-refractivity contribution in [2.24, 2.45) is 11.8 Å². The van der Waals surface area contributed by atoms with Crippen LogP contribution in [0.3, 0.4) is 0 Å². The number of likely N-dealkylation sites (tertiary alicyclic amines) is 1. The zero-order chi connectivity index (χ0) is 12.6. The second-order valence-electron chi connectivity index (χ2n) is 4.51. The predicted octanol–water partition coefficient (Wildman–Crippen LogP) is 1.57. The van der Waals surface area contributed by atoms with E-state index in [1.807, 2.05) is 0 Å². The molecular formula is C11H14N2O3S. The molecule has 0 bridgehead atoms. The van der Waals surface area contributed by atoms with Gasteiger partial charge in [-0.3, -0.25) is 4.79 Å². The molecule has 1 N–H and O–H groups in total. The van der Waals surface area contributed by atoms with Crippen molar-refractivity contribution in [2.75, 3.05) is 13.1 Å². The number of thiazole rings is 1. The maximum Gasteiger partial charge on any atom is 0.355 e. The minimum Gasteiger partial charge on any atom is -0.476 e. The highest BCUT2D eigenvalue weighted by Gasteiger charge is 2.31. The summed E-state index contributed by atoms with van der Waals surface area (Å²) < 4.78 is 0. The van der Waals surface area contributed by atoms with Crippen LogP contribution in [0.15, 0.2) is 5.38 Å². The van der Waals surface area contributed by atoms with E-state index in [1.165, 1.54) is 5.38 Å². The molecule has 1 saturated heterocycles. The van der Waals surface area contributed by atoms with Crippen molar-refractivity contribution >= 4 is 23.2 Å². The summed E-state index contributed by atoms with van der Waals surface area (Å²) in [5.41, 5.74) is -0.0568. The molecule has 6 heteroatoms. The fourth-order valence-electron chi connectivity index (χ4n) is 1.90. The summed E-state index contributed by atoms with van der Waals surface area (Å²) in [5, 5.41) is 10.4. The molecule has 17 heavy (non-hydrogen) atoms. The molecule has 1 amide bonds. The van der Waals surface area contributed by atoms with Crippen LogP contribution >= 0.6 is 11.3 Å². The Balaban J connectivity index is 2.12. The van der Waals surface area contributed by atoms with Crippen LogP contribution in [0, 0.1) is 11.8 Å². The number of carbonyl (C=O) groups is 2. The van der Waals surface area contributed by atoms with Crippen LogP contribution in [-0.4, -0.2) is 40.0 Å². The van der Waals surface area contributed by atoms with E-state index >= 15 is 0 Å². The molecule has 92 valence electrons. The maximum absolute atomic E-state index is 12.1. The van der Waals surface area contributed by atoms with Crippen molar-refractivity contribution in [1.82, 2.24) is 9.88 Å². The molecule has 1 aliphatic rings. The molecule has 5 nitrogen and oxygen atoms in total. The van der Waals surface area contributed by atoms with Crippen LogP contribution in [0.5, 0.6) is 0 Å². The second kappa shape index (κ2) is 4.44. The van der Waals surface area contributed by atoms with Crippen molar-refractivity contribution in [3.63, 3.8) is 0 Å². The van der Waals surface area contributed by atoms with Crippen LogP contribution in [0.4, 0.5) is 0 Å². The van der Waals surface area contributed by atoms with E-state index in [0.29, 0.717) is 11.8 Å². The van der Waals surface area contributed by atoms with Gasteiger partial charge in [0.2, 0.25) is 0 Å². The van der Waals surface area contributed by atoms with Crippen molar-refractivity contribution in [3.05, 3.63) is 16.1 Å². The van der Waals surface area contributed by atoms with Gasteiger partial charge in [-0.1, -0.05) is 13.8 Å². The molecule has 2 unspecified atom stereocenters. The zero-order valence-electron chi connectivity index (χ0n) is 9.71. The zero-order valence-corrected chi connectivity index (χ0v) is 10.5. The number of aromatic nitrogens is 1. The number of rotatable bonds is 2. The molecule has 0 aliphatic carbocycles. The van der Waals surface area contributed by atoms with Gasteiger partial charge in [-0.15, -0.1) is 11.3 Å². The summed E-state index contributed by atoms with van der Waals surface area (Å²) in [6.45, 7) is 5.68. The molecule has 0 spiro atoms. The Bertz CT molecular complexity index is 447. The highest BCUT2D eigenvalue weighted by Crippen LogP contribution is 2.24. The van der Waals surface area contributed by atoms with Gasteiger partial charge in [-0.25, -0.2) is 9.78 Å². The van der Waals surface area contributed by atoms with Crippen molar-refractivity contribution in [2.45, 2.75) is 13.8 Å². The molecule has 2 heterocycles. The summed E-state index contributed by atoms with van der Waals surface area (Å²) in [6, 6.07) is 0. The fourth-order valence-corrected chi connectivity index (χ4v) is 2.66.